The summed E-state index contributed by atoms with van der Waals surface area (Å²) in [5, 5.41) is 13.7. The minimum absolute atomic E-state index is 0.198. The Morgan fingerprint density at radius 2 is 1.71 bits per heavy atom. The molecule has 0 spiro atoms. The molecule has 21 heavy (non-hydrogen) atoms. The van der Waals surface area contributed by atoms with Crippen LogP contribution in [-0.2, 0) is 0 Å². The number of nitrogens with zero attached hydrogens (tertiary/aromatic N) is 1. The van der Waals surface area contributed by atoms with Crippen molar-refractivity contribution in [2.75, 3.05) is 26.2 Å². The van der Waals surface area contributed by atoms with Gasteiger partial charge in [-0.25, -0.2) is 0 Å². The van der Waals surface area contributed by atoms with Gasteiger partial charge in [-0.15, -0.1) is 0 Å². The Morgan fingerprint density at radius 1 is 1.10 bits per heavy atom. The molecule has 122 valence electrons. The van der Waals surface area contributed by atoms with Crippen LogP contribution in [0, 0.1) is 17.3 Å². The maximum absolute atomic E-state index is 9.82. The smallest absolute Gasteiger partial charge is 0.0499 e. The Bertz CT molecular complexity index is 324. The van der Waals surface area contributed by atoms with Crippen LogP contribution in [0.1, 0.15) is 58.8 Å². The van der Waals surface area contributed by atoms with Crippen molar-refractivity contribution >= 4 is 0 Å². The maximum Gasteiger partial charge on any atom is 0.0499 e. The van der Waals surface area contributed by atoms with Gasteiger partial charge in [0.25, 0.3) is 0 Å². The molecule has 3 nitrogen and oxygen atoms in total. The van der Waals surface area contributed by atoms with Gasteiger partial charge in [0.2, 0.25) is 0 Å². The van der Waals surface area contributed by atoms with Crippen LogP contribution < -0.4 is 5.32 Å². The Balaban J connectivity index is 1.60. The lowest BCUT2D eigenvalue weighted by atomic mass is 9.72. The Labute approximate surface area is 130 Å². The summed E-state index contributed by atoms with van der Waals surface area (Å²) in [6, 6.07) is 1.39. The van der Waals surface area contributed by atoms with Gasteiger partial charge in [-0.2, -0.15) is 0 Å². The molecule has 2 N–H and O–H groups in total. The summed E-state index contributed by atoms with van der Waals surface area (Å²) >= 11 is 0. The molecule has 1 saturated heterocycles. The van der Waals surface area contributed by atoms with Gasteiger partial charge in [0.15, 0.2) is 0 Å². The van der Waals surface area contributed by atoms with E-state index < -0.39 is 0 Å². The zero-order valence-electron chi connectivity index (χ0n) is 14.0. The van der Waals surface area contributed by atoms with Crippen molar-refractivity contribution in [3.63, 3.8) is 0 Å². The lowest BCUT2D eigenvalue weighted by molar-refractivity contribution is 0.0206. The standard InChI is InChI=1S/C18H34N2O/c1-14(2)20-10-15-6-5-7-16(11-20)17(15)19-12-18(13-21)8-3-4-9-18/h14-17,19,21H,3-13H2,1-2H3. The lowest BCUT2D eigenvalue weighted by Crippen LogP contribution is -2.59. The number of hydrogen-bond donors (Lipinski definition) is 2. The van der Waals surface area contributed by atoms with Crippen LogP contribution in [-0.4, -0.2) is 48.3 Å². The van der Waals surface area contributed by atoms with Crippen LogP contribution in [0.4, 0.5) is 0 Å². The molecule has 1 aliphatic heterocycles. The highest BCUT2D eigenvalue weighted by atomic mass is 16.3. The zero-order chi connectivity index (χ0) is 14.9. The molecular weight excluding hydrogens is 260 g/mol. The first-order chi connectivity index (χ1) is 10.1. The molecule has 2 bridgehead atoms. The van der Waals surface area contributed by atoms with Gasteiger partial charge in [0.05, 0.1) is 0 Å². The first-order valence-corrected chi connectivity index (χ1v) is 9.22. The van der Waals surface area contributed by atoms with Crippen molar-refractivity contribution in [3.8, 4) is 0 Å². The second-order valence-electron chi connectivity index (χ2n) is 8.27. The highest BCUT2D eigenvalue weighted by molar-refractivity contribution is 4.97. The summed E-state index contributed by atoms with van der Waals surface area (Å²) in [5.41, 5.74) is 0.198. The summed E-state index contributed by atoms with van der Waals surface area (Å²) in [4.78, 5) is 2.68. The second-order valence-corrected chi connectivity index (χ2v) is 8.27. The fourth-order valence-electron chi connectivity index (χ4n) is 5.08. The predicted molar refractivity (Wildman–Crippen MR) is 87.3 cm³/mol. The molecule has 3 fully saturated rings. The summed E-state index contributed by atoms with van der Waals surface area (Å²) < 4.78 is 0. The lowest BCUT2D eigenvalue weighted by Gasteiger charge is -2.50. The largest absolute Gasteiger partial charge is 0.396 e. The highest BCUT2D eigenvalue weighted by Gasteiger charge is 2.41. The van der Waals surface area contributed by atoms with Crippen molar-refractivity contribution in [2.45, 2.75) is 70.9 Å². The molecule has 0 aromatic carbocycles. The van der Waals surface area contributed by atoms with E-state index in [-0.39, 0.29) is 5.41 Å². The fraction of sp³-hybridized carbons (Fsp3) is 1.00. The third-order valence-corrected chi connectivity index (χ3v) is 6.55. The summed E-state index contributed by atoms with van der Waals surface area (Å²) in [5.74, 6) is 1.66. The number of nitrogens with one attached hydrogen (secondary N) is 1. The molecule has 0 radical (unpaired) electrons. The number of likely N-dealkylation sites (tertiary alicyclic amines) is 1. The SMILES string of the molecule is CC(C)N1CC2CCCC(C1)C2NCC1(CO)CCCC1. The molecule has 2 saturated carbocycles. The molecule has 3 heteroatoms. The number of piperidine rings is 1. The normalized spacial score (nSPS) is 36.3. The summed E-state index contributed by atoms with van der Waals surface area (Å²) in [7, 11) is 0. The Hall–Kier alpha value is -0.120. The molecule has 2 atom stereocenters. The van der Waals surface area contributed by atoms with Crippen molar-refractivity contribution in [1.82, 2.24) is 10.2 Å². The van der Waals surface area contributed by atoms with E-state index in [4.69, 9.17) is 0 Å². The van der Waals surface area contributed by atoms with Crippen LogP contribution in [0.2, 0.25) is 0 Å². The minimum Gasteiger partial charge on any atom is -0.396 e. The van der Waals surface area contributed by atoms with Gasteiger partial charge < -0.3 is 15.3 Å². The zero-order valence-corrected chi connectivity index (χ0v) is 14.0. The first-order valence-electron chi connectivity index (χ1n) is 9.22. The van der Waals surface area contributed by atoms with Crippen LogP contribution >= 0.6 is 0 Å². The molecule has 3 aliphatic rings. The van der Waals surface area contributed by atoms with Crippen molar-refractivity contribution in [2.24, 2.45) is 17.3 Å². The Morgan fingerprint density at radius 3 is 2.24 bits per heavy atom. The van der Waals surface area contributed by atoms with E-state index >= 15 is 0 Å². The fourth-order valence-corrected chi connectivity index (χ4v) is 5.08. The van der Waals surface area contributed by atoms with Gasteiger partial charge in [0, 0.05) is 43.7 Å². The maximum atomic E-state index is 9.82. The quantitative estimate of drug-likeness (QED) is 0.818. The second kappa shape index (κ2) is 6.55. The molecule has 0 aromatic heterocycles. The topological polar surface area (TPSA) is 35.5 Å². The minimum atomic E-state index is 0.198. The molecule has 3 rings (SSSR count). The van der Waals surface area contributed by atoms with Gasteiger partial charge in [-0.05, 0) is 51.4 Å². The monoisotopic (exact) mass is 294 g/mol. The number of hydrogen-bond acceptors (Lipinski definition) is 3. The van der Waals surface area contributed by atoms with Gasteiger partial charge in [-0.3, -0.25) is 0 Å². The van der Waals surface area contributed by atoms with Gasteiger partial charge >= 0.3 is 0 Å². The van der Waals surface area contributed by atoms with Crippen molar-refractivity contribution in [1.29, 1.82) is 0 Å². The molecule has 0 amide bonds. The third-order valence-electron chi connectivity index (χ3n) is 6.55. The van der Waals surface area contributed by atoms with E-state index in [1.165, 1.54) is 58.0 Å². The number of rotatable bonds is 5. The average molecular weight is 294 g/mol. The third kappa shape index (κ3) is 3.30. The van der Waals surface area contributed by atoms with E-state index in [1.54, 1.807) is 0 Å². The van der Waals surface area contributed by atoms with Crippen LogP contribution in [0.15, 0.2) is 0 Å². The summed E-state index contributed by atoms with van der Waals surface area (Å²) in [6.07, 6.45) is 9.26. The first kappa shape index (κ1) is 15.8. The van der Waals surface area contributed by atoms with Crippen LogP contribution in [0.5, 0.6) is 0 Å². The van der Waals surface area contributed by atoms with Crippen LogP contribution in [0.25, 0.3) is 0 Å². The summed E-state index contributed by atoms with van der Waals surface area (Å²) in [6.45, 7) is 8.64. The van der Waals surface area contributed by atoms with Crippen molar-refractivity contribution < 1.29 is 5.11 Å². The van der Waals surface area contributed by atoms with E-state index in [0.29, 0.717) is 18.7 Å². The molecule has 1 heterocycles. The van der Waals surface area contributed by atoms with Gasteiger partial charge in [-0.1, -0.05) is 19.3 Å². The van der Waals surface area contributed by atoms with E-state index in [1.807, 2.05) is 0 Å². The highest BCUT2D eigenvalue weighted by Crippen LogP contribution is 2.39. The van der Waals surface area contributed by atoms with E-state index in [9.17, 15) is 5.11 Å². The van der Waals surface area contributed by atoms with Crippen molar-refractivity contribution in [3.05, 3.63) is 0 Å². The molecular formula is C18H34N2O. The van der Waals surface area contributed by atoms with E-state index in [0.717, 1.165) is 18.4 Å². The molecule has 2 aliphatic carbocycles. The Kier molecular flexibility index (Phi) is 4.92. The average Bonchev–Trinajstić information content (AvgIpc) is 2.93. The number of fused-ring (bicyclic) bond motifs is 2. The molecule has 2 unspecified atom stereocenters. The number of aliphatic hydroxyl groups is 1. The predicted octanol–water partition coefficient (Wildman–Crippen LogP) is 2.64. The number of aliphatic hydroxyl groups excluding tert-OH is 1. The van der Waals surface area contributed by atoms with Crippen LogP contribution in [0.3, 0.4) is 0 Å². The van der Waals surface area contributed by atoms with Gasteiger partial charge in [0.1, 0.15) is 0 Å². The van der Waals surface area contributed by atoms with E-state index in [2.05, 4.69) is 24.1 Å². The molecule has 0 aromatic rings.